The number of carboxylic acids is 1. The zero-order valence-corrected chi connectivity index (χ0v) is 27.5. The van der Waals surface area contributed by atoms with Crippen molar-refractivity contribution in [1.82, 2.24) is 5.32 Å². The van der Waals surface area contributed by atoms with Gasteiger partial charge in [0.15, 0.2) is 0 Å². The summed E-state index contributed by atoms with van der Waals surface area (Å²) < 4.78 is 5.83. The van der Waals surface area contributed by atoms with Crippen molar-refractivity contribution in [1.29, 1.82) is 0 Å². The van der Waals surface area contributed by atoms with E-state index >= 15 is 0 Å². The number of rotatable bonds is 30. The molecule has 0 heterocycles. The summed E-state index contributed by atoms with van der Waals surface area (Å²) in [6, 6.07) is 0. The molecule has 0 spiro atoms. The van der Waals surface area contributed by atoms with Crippen LogP contribution in [0.2, 0.25) is 0 Å². The van der Waals surface area contributed by atoms with E-state index < -0.39 is 5.97 Å². The molecule has 0 aromatic carbocycles. The quantitative estimate of drug-likeness (QED) is 0.0485. The summed E-state index contributed by atoms with van der Waals surface area (Å²) >= 11 is 0. The van der Waals surface area contributed by atoms with Crippen LogP contribution in [0.25, 0.3) is 0 Å². The van der Waals surface area contributed by atoms with Crippen molar-refractivity contribution in [3.05, 3.63) is 48.6 Å². The van der Waals surface area contributed by atoms with Crippen LogP contribution in [-0.2, 0) is 19.1 Å². The van der Waals surface area contributed by atoms with Crippen LogP contribution in [0.1, 0.15) is 155 Å². The summed E-state index contributed by atoms with van der Waals surface area (Å²) in [5.74, 6) is -1.35. The van der Waals surface area contributed by atoms with E-state index in [4.69, 9.17) is 9.84 Å². The Bertz CT molecular complexity index is 799. The zero-order chi connectivity index (χ0) is 31.6. The van der Waals surface area contributed by atoms with Crippen molar-refractivity contribution >= 4 is 17.8 Å². The number of unbranched alkanes of at least 4 members (excludes halogenated alkanes) is 13. The smallest absolute Gasteiger partial charge is 0.322 e. The molecule has 0 rings (SSSR count). The summed E-state index contributed by atoms with van der Waals surface area (Å²) in [6.45, 7) is 4.02. The van der Waals surface area contributed by atoms with Gasteiger partial charge in [-0.2, -0.15) is 0 Å². The molecule has 1 atom stereocenters. The number of ether oxygens (including phenoxy) is 1. The van der Waals surface area contributed by atoms with Crippen LogP contribution in [0.5, 0.6) is 0 Å². The normalized spacial score (nSPS) is 12.6. The minimum atomic E-state index is -1.03. The van der Waals surface area contributed by atoms with Crippen LogP contribution in [0.3, 0.4) is 0 Å². The minimum absolute atomic E-state index is 0.0997. The summed E-state index contributed by atoms with van der Waals surface area (Å²) in [5, 5.41) is 11.0. The number of nitrogens with one attached hydrogen (secondary N) is 1. The largest absolute Gasteiger partial charge is 0.480 e. The second-order valence-electron chi connectivity index (χ2n) is 11.4. The number of hydrogen-bond donors (Lipinski definition) is 2. The Morgan fingerprint density at radius 1 is 0.651 bits per heavy atom. The average molecular weight is 602 g/mol. The highest BCUT2D eigenvalue weighted by atomic mass is 16.5. The number of carbonyl (C=O) groups is 3. The van der Waals surface area contributed by atoms with Gasteiger partial charge in [0.2, 0.25) is 5.91 Å². The fourth-order valence-electron chi connectivity index (χ4n) is 4.67. The number of aliphatic carboxylic acids is 1. The molecule has 0 fully saturated rings. The Hall–Kier alpha value is -2.63. The van der Waals surface area contributed by atoms with Gasteiger partial charge in [0.25, 0.3) is 0 Å². The highest BCUT2D eigenvalue weighted by Gasteiger charge is 2.12. The van der Waals surface area contributed by atoms with Crippen LogP contribution >= 0.6 is 0 Å². The second kappa shape index (κ2) is 32.3. The third-order valence-electron chi connectivity index (χ3n) is 7.22. The molecular weight excluding hydrogens is 538 g/mol. The van der Waals surface area contributed by atoms with Crippen LogP contribution in [-0.4, -0.2) is 35.6 Å². The summed E-state index contributed by atoms with van der Waals surface area (Å²) in [5.41, 5.74) is 0. The summed E-state index contributed by atoms with van der Waals surface area (Å²) in [4.78, 5) is 34.6. The standard InChI is InChI=1S/C37H63NO5/c1-3-5-7-9-10-11-12-13-14-15-16-17-18-19-20-22-28-32-37(42)43-34(29-25-21-8-6-4-2)30-26-23-24-27-31-35(39)38-33-36(40)41/h5,7,10-11,13-14,25,29,34H,3-4,6,8-9,12,15-24,26-28,30-33H2,1-2H3,(H,38,39)(H,40,41)/b7-5-,11-10-,14-13-,29-25-. The molecule has 2 N–H and O–H groups in total. The fourth-order valence-corrected chi connectivity index (χ4v) is 4.67. The molecule has 6 heteroatoms. The van der Waals surface area contributed by atoms with Crippen LogP contribution in [0.15, 0.2) is 48.6 Å². The molecule has 43 heavy (non-hydrogen) atoms. The molecule has 6 nitrogen and oxygen atoms in total. The van der Waals surface area contributed by atoms with Crippen LogP contribution in [0.4, 0.5) is 0 Å². The number of allylic oxidation sites excluding steroid dienone is 7. The van der Waals surface area contributed by atoms with E-state index in [-0.39, 0.29) is 24.5 Å². The van der Waals surface area contributed by atoms with Gasteiger partial charge in [-0.25, -0.2) is 0 Å². The first kappa shape index (κ1) is 40.4. The summed E-state index contributed by atoms with van der Waals surface area (Å²) in [7, 11) is 0. The fraction of sp³-hybridized carbons (Fsp3) is 0.703. The van der Waals surface area contributed by atoms with Crippen molar-refractivity contribution in [3.8, 4) is 0 Å². The Morgan fingerprint density at radius 2 is 1.21 bits per heavy atom. The topological polar surface area (TPSA) is 92.7 Å². The van der Waals surface area contributed by atoms with Gasteiger partial charge >= 0.3 is 11.9 Å². The predicted molar refractivity (Wildman–Crippen MR) is 180 cm³/mol. The zero-order valence-electron chi connectivity index (χ0n) is 27.5. The molecule has 0 aliphatic heterocycles. The SMILES string of the molecule is CC/C=C\C/C=C\C/C=C\CCCCCCCCCC(=O)OC(/C=C\CCCCC)CCCCCCC(=O)NCC(=O)O. The molecule has 1 amide bonds. The lowest BCUT2D eigenvalue weighted by molar-refractivity contribution is -0.147. The van der Waals surface area contributed by atoms with Crippen molar-refractivity contribution in [2.75, 3.05) is 6.54 Å². The lowest BCUT2D eigenvalue weighted by atomic mass is 10.1. The highest BCUT2D eigenvalue weighted by Crippen LogP contribution is 2.15. The van der Waals surface area contributed by atoms with Crippen molar-refractivity contribution < 1.29 is 24.2 Å². The number of carboxylic acid groups (broad SMARTS) is 1. The monoisotopic (exact) mass is 601 g/mol. The van der Waals surface area contributed by atoms with Gasteiger partial charge in [-0.3, -0.25) is 14.4 Å². The van der Waals surface area contributed by atoms with Crippen LogP contribution < -0.4 is 5.32 Å². The number of esters is 1. The molecule has 1 unspecified atom stereocenters. The number of hydrogen-bond acceptors (Lipinski definition) is 4. The highest BCUT2D eigenvalue weighted by molar-refractivity contribution is 5.80. The Morgan fingerprint density at radius 3 is 1.88 bits per heavy atom. The Balaban J connectivity index is 4.01. The van der Waals surface area contributed by atoms with Gasteiger partial charge in [-0.15, -0.1) is 0 Å². The molecule has 0 aliphatic carbocycles. The van der Waals surface area contributed by atoms with Gasteiger partial charge < -0.3 is 15.2 Å². The van der Waals surface area contributed by atoms with Gasteiger partial charge in [0.1, 0.15) is 12.6 Å². The molecular formula is C37H63NO5. The van der Waals surface area contributed by atoms with Gasteiger partial charge in [0, 0.05) is 12.8 Å². The molecule has 0 saturated heterocycles. The molecule has 0 aliphatic rings. The lowest BCUT2D eigenvalue weighted by Gasteiger charge is -2.15. The lowest BCUT2D eigenvalue weighted by Crippen LogP contribution is -2.28. The predicted octanol–water partition coefficient (Wildman–Crippen LogP) is 9.95. The van der Waals surface area contributed by atoms with Crippen molar-refractivity contribution in [2.45, 2.75) is 161 Å². The van der Waals surface area contributed by atoms with E-state index in [1.807, 2.05) is 0 Å². The third kappa shape index (κ3) is 32.1. The first-order valence-electron chi connectivity index (χ1n) is 17.3. The van der Waals surface area contributed by atoms with Crippen molar-refractivity contribution in [3.63, 3.8) is 0 Å². The van der Waals surface area contributed by atoms with Crippen LogP contribution in [0, 0.1) is 0 Å². The van der Waals surface area contributed by atoms with E-state index in [2.05, 4.69) is 67.8 Å². The van der Waals surface area contributed by atoms with Crippen molar-refractivity contribution in [2.24, 2.45) is 0 Å². The average Bonchev–Trinajstić information content (AvgIpc) is 2.99. The molecule has 0 saturated carbocycles. The van der Waals surface area contributed by atoms with E-state index in [9.17, 15) is 14.4 Å². The number of carbonyl (C=O) groups excluding carboxylic acids is 2. The van der Waals surface area contributed by atoms with Gasteiger partial charge in [-0.1, -0.05) is 114 Å². The summed E-state index contributed by atoms with van der Waals surface area (Å²) in [6.07, 6.45) is 39.7. The van der Waals surface area contributed by atoms with E-state index in [1.54, 1.807) is 0 Å². The maximum atomic E-state index is 12.5. The first-order chi connectivity index (χ1) is 21.0. The molecule has 0 aromatic rings. The van der Waals surface area contributed by atoms with Gasteiger partial charge in [-0.05, 0) is 76.7 Å². The molecule has 0 bridgehead atoms. The Labute approximate surface area is 263 Å². The molecule has 246 valence electrons. The third-order valence-corrected chi connectivity index (χ3v) is 7.22. The van der Waals surface area contributed by atoms with E-state index in [0.717, 1.165) is 83.5 Å². The Kier molecular flexibility index (Phi) is 30.3. The number of amides is 1. The van der Waals surface area contributed by atoms with E-state index in [0.29, 0.717) is 12.8 Å². The molecule has 0 aromatic heterocycles. The van der Waals surface area contributed by atoms with E-state index in [1.165, 1.54) is 44.9 Å². The maximum Gasteiger partial charge on any atom is 0.322 e. The second-order valence-corrected chi connectivity index (χ2v) is 11.4. The maximum absolute atomic E-state index is 12.5. The van der Waals surface area contributed by atoms with Gasteiger partial charge in [0.05, 0.1) is 0 Å². The first-order valence-corrected chi connectivity index (χ1v) is 17.3. The minimum Gasteiger partial charge on any atom is -0.480 e. The molecule has 0 radical (unpaired) electrons.